The second-order valence-electron chi connectivity index (χ2n) is 3.94. The van der Waals surface area contributed by atoms with E-state index in [1.807, 2.05) is 5.87 Å². The van der Waals surface area contributed by atoms with Crippen LogP contribution in [0.5, 0.6) is 5.75 Å². The molecule has 5 nitrogen and oxygen atoms in total. The average molecular weight is 266 g/mol. The minimum Gasteiger partial charge on any atom is -0.497 e. The predicted octanol–water partition coefficient (Wildman–Crippen LogP) is 2.51. The van der Waals surface area contributed by atoms with Crippen LogP contribution < -0.4 is 10.4 Å². The SMILES string of the molecule is C=C(C(=C=N)C#N)c1cc2cc(OC)ccc2oc1=O. The Bertz CT molecular complexity index is 850. The first-order chi connectivity index (χ1) is 9.60. The fourth-order valence-corrected chi connectivity index (χ4v) is 1.74. The van der Waals surface area contributed by atoms with Crippen molar-refractivity contribution < 1.29 is 9.15 Å². The van der Waals surface area contributed by atoms with Crippen LogP contribution in [0.2, 0.25) is 0 Å². The zero-order valence-corrected chi connectivity index (χ0v) is 10.7. The Labute approximate surface area is 114 Å². The molecule has 2 rings (SSSR count). The Balaban J connectivity index is 2.69. The van der Waals surface area contributed by atoms with E-state index in [-0.39, 0.29) is 16.7 Å². The van der Waals surface area contributed by atoms with Crippen LogP contribution in [0.15, 0.2) is 45.6 Å². The molecule has 0 spiro atoms. The van der Waals surface area contributed by atoms with Crippen LogP contribution in [0.3, 0.4) is 0 Å². The molecular weight excluding hydrogens is 256 g/mol. The lowest BCUT2D eigenvalue weighted by atomic mass is 10.0. The maximum Gasteiger partial charge on any atom is 0.344 e. The number of hydrogen-bond acceptors (Lipinski definition) is 5. The summed E-state index contributed by atoms with van der Waals surface area (Å²) >= 11 is 0. The van der Waals surface area contributed by atoms with Crippen molar-refractivity contribution in [3.05, 3.63) is 52.4 Å². The molecule has 1 aromatic heterocycles. The van der Waals surface area contributed by atoms with E-state index in [1.165, 1.54) is 7.11 Å². The first-order valence-corrected chi connectivity index (χ1v) is 5.62. The van der Waals surface area contributed by atoms with Crippen molar-refractivity contribution in [2.75, 3.05) is 7.11 Å². The molecule has 0 aliphatic heterocycles. The highest BCUT2D eigenvalue weighted by atomic mass is 16.5. The molecule has 98 valence electrons. The van der Waals surface area contributed by atoms with Gasteiger partial charge in [0.1, 0.15) is 23.0 Å². The minimum absolute atomic E-state index is 0.112. The Kier molecular flexibility index (Phi) is 3.52. The molecule has 0 amide bonds. The van der Waals surface area contributed by atoms with Crippen LogP contribution in [-0.2, 0) is 0 Å². The molecule has 0 aliphatic carbocycles. The van der Waals surface area contributed by atoms with E-state index in [2.05, 4.69) is 6.58 Å². The number of methoxy groups -OCH3 is 1. The topological polar surface area (TPSA) is 87.1 Å². The smallest absolute Gasteiger partial charge is 0.344 e. The lowest BCUT2D eigenvalue weighted by molar-refractivity contribution is 0.415. The molecule has 0 aliphatic rings. The van der Waals surface area contributed by atoms with Crippen molar-refractivity contribution in [3.8, 4) is 11.8 Å². The van der Waals surface area contributed by atoms with Crippen LogP contribution >= 0.6 is 0 Å². The molecule has 0 unspecified atom stereocenters. The van der Waals surface area contributed by atoms with Gasteiger partial charge in [0.15, 0.2) is 0 Å². The van der Waals surface area contributed by atoms with E-state index < -0.39 is 5.63 Å². The zero-order valence-electron chi connectivity index (χ0n) is 10.7. The van der Waals surface area contributed by atoms with E-state index in [0.717, 1.165) is 0 Å². The fourth-order valence-electron chi connectivity index (χ4n) is 1.74. The Hall–Kier alpha value is -3.09. The molecule has 0 saturated heterocycles. The van der Waals surface area contributed by atoms with Crippen LogP contribution in [0.4, 0.5) is 0 Å². The second-order valence-corrected chi connectivity index (χ2v) is 3.94. The molecule has 1 N–H and O–H groups in total. The van der Waals surface area contributed by atoms with E-state index in [1.54, 1.807) is 30.3 Å². The van der Waals surface area contributed by atoms with Crippen molar-refractivity contribution in [3.63, 3.8) is 0 Å². The van der Waals surface area contributed by atoms with Crippen LogP contribution in [0.25, 0.3) is 16.5 Å². The molecule has 0 atom stereocenters. The number of rotatable bonds is 3. The summed E-state index contributed by atoms with van der Waals surface area (Å²) in [7, 11) is 1.53. The summed E-state index contributed by atoms with van der Waals surface area (Å²) in [6, 6.07) is 8.32. The van der Waals surface area contributed by atoms with Gasteiger partial charge < -0.3 is 9.15 Å². The van der Waals surface area contributed by atoms with Crippen molar-refractivity contribution >= 4 is 22.4 Å². The first kappa shape index (κ1) is 13.3. The number of allylic oxidation sites excluding steroid dienone is 2. The fraction of sp³-hybridized carbons (Fsp3) is 0.0667. The maximum atomic E-state index is 11.9. The largest absolute Gasteiger partial charge is 0.497 e. The number of nitrogens with zero attached hydrogens (tertiary/aromatic N) is 1. The van der Waals surface area contributed by atoms with Gasteiger partial charge in [-0.1, -0.05) is 6.58 Å². The molecule has 5 heteroatoms. The highest BCUT2D eigenvalue weighted by Gasteiger charge is 2.12. The molecule has 0 radical (unpaired) electrons. The quantitative estimate of drug-likeness (QED) is 0.400. The monoisotopic (exact) mass is 266 g/mol. The molecule has 1 heterocycles. The Morgan fingerprint density at radius 1 is 1.45 bits per heavy atom. The van der Waals surface area contributed by atoms with Gasteiger partial charge in [0, 0.05) is 11.0 Å². The van der Waals surface area contributed by atoms with Crippen LogP contribution in [-0.4, -0.2) is 13.0 Å². The second kappa shape index (κ2) is 5.27. The van der Waals surface area contributed by atoms with Gasteiger partial charge in [-0.2, -0.15) is 5.26 Å². The third-order valence-corrected chi connectivity index (χ3v) is 2.80. The molecule has 2 aromatic rings. The highest BCUT2D eigenvalue weighted by Crippen LogP contribution is 2.23. The van der Waals surface area contributed by atoms with E-state index in [0.29, 0.717) is 16.7 Å². The zero-order chi connectivity index (χ0) is 14.7. The third kappa shape index (κ3) is 2.24. The molecular formula is C15H10N2O3. The lowest BCUT2D eigenvalue weighted by Gasteiger charge is -2.05. The molecule has 1 aromatic carbocycles. The van der Waals surface area contributed by atoms with Gasteiger partial charge in [-0.25, -0.2) is 4.79 Å². The van der Waals surface area contributed by atoms with Crippen LogP contribution in [0.1, 0.15) is 5.56 Å². The maximum absolute atomic E-state index is 11.9. The van der Waals surface area contributed by atoms with Gasteiger partial charge in [-0.3, -0.25) is 5.41 Å². The van der Waals surface area contributed by atoms with Crippen molar-refractivity contribution in [1.82, 2.24) is 0 Å². The number of hydrogen-bond donors (Lipinski definition) is 1. The Morgan fingerprint density at radius 2 is 2.20 bits per heavy atom. The summed E-state index contributed by atoms with van der Waals surface area (Å²) in [6.45, 7) is 3.64. The molecule has 0 bridgehead atoms. The number of nitriles is 1. The molecule has 0 fully saturated rings. The Morgan fingerprint density at radius 3 is 2.80 bits per heavy atom. The third-order valence-electron chi connectivity index (χ3n) is 2.80. The first-order valence-electron chi connectivity index (χ1n) is 5.62. The van der Waals surface area contributed by atoms with Crippen LogP contribution in [0, 0.1) is 16.7 Å². The van der Waals surface area contributed by atoms with E-state index in [9.17, 15) is 4.79 Å². The van der Waals surface area contributed by atoms with Gasteiger partial charge in [0.25, 0.3) is 0 Å². The number of benzene rings is 1. The average Bonchev–Trinajstić information content (AvgIpc) is 2.47. The predicted molar refractivity (Wildman–Crippen MR) is 74.9 cm³/mol. The number of ether oxygens (including phenoxy) is 1. The summed E-state index contributed by atoms with van der Waals surface area (Å²) < 4.78 is 10.3. The lowest BCUT2D eigenvalue weighted by Crippen LogP contribution is -2.07. The van der Waals surface area contributed by atoms with Gasteiger partial charge in [-0.05, 0) is 30.1 Å². The summed E-state index contributed by atoms with van der Waals surface area (Å²) in [5.41, 5.74) is -0.0806. The van der Waals surface area contributed by atoms with Crippen molar-refractivity contribution in [2.24, 2.45) is 0 Å². The van der Waals surface area contributed by atoms with Gasteiger partial charge >= 0.3 is 5.63 Å². The van der Waals surface area contributed by atoms with Gasteiger partial charge in [0.2, 0.25) is 0 Å². The molecule has 0 saturated carbocycles. The molecule has 20 heavy (non-hydrogen) atoms. The van der Waals surface area contributed by atoms with Gasteiger partial charge in [-0.15, -0.1) is 0 Å². The van der Waals surface area contributed by atoms with E-state index >= 15 is 0 Å². The summed E-state index contributed by atoms with van der Waals surface area (Å²) in [4.78, 5) is 11.9. The minimum atomic E-state index is -0.615. The summed E-state index contributed by atoms with van der Waals surface area (Å²) in [5, 5.41) is 16.5. The summed E-state index contributed by atoms with van der Waals surface area (Å²) in [6.07, 6.45) is 0. The normalized spacial score (nSPS) is 9.60. The van der Waals surface area contributed by atoms with Crippen molar-refractivity contribution in [2.45, 2.75) is 0 Å². The highest BCUT2D eigenvalue weighted by molar-refractivity contribution is 5.92. The standard InChI is InChI=1S/C15H10N2O3/c1-9(11(7-16)8-17)13-6-10-5-12(19-2)3-4-14(10)20-15(13)18/h3-6,16H,1H2,2H3. The summed E-state index contributed by atoms with van der Waals surface area (Å²) in [5.74, 6) is 2.57. The number of fused-ring (bicyclic) bond motifs is 1. The van der Waals surface area contributed by atoms with Gasteiger partial charge in [0.05, 0.1) is 12.7 Å². The van der Waals surface area contributed by atoms with E-state index in [4.69, 9.17) is 19.8 Å². The number of nitrogens with one attached hydrogen (secondary N) is 1. The van der Waals surface area contributed by atoms with Crippen molar-refractivity contribution in [1.29, 1.82) is 10.7 Å².